The molecule has 1 rings (SSSR count). The first-order chi connectivity index (χ1) is 6.45. The Balaban J connectivity index is 0.000000500. The van der Waals surface area contributed by atoms with Crippen LogP contribution in [-0.4, -0.2) is 12.6 Å². The molecule has 0 amide bonds. The Morgan fingerprint density at radius 1 is 0.929 bits per heavy atom. The molecule has 0 aliphatic rings. The van der Waals surface area contributed by atoms with Crippen molar-refractivity contribution in [1.29, 1.82) is 0 Å². The van der Waals surface area contributed by atoms with E-state index in [9.17, 15) is 17.6 Å². The van der Waals surface area contributed by atoms with Gasteiger partial charge in [0.15, 0.2) is 23.3 Å². The van der Waals surface area contributed by atoms with E-state index in [1.165, 1.54) is 28.7 Å². The highest BCUT2D eigenvalue weighted by molar-refractivity contribution is 14.3. The van der Waals surface area contributed by atoms with Crippen LogP contribution in [-0.2, 0) is 0 Å². The van der Waals surface area contributed by atoms with Crippen molar-refractivity contribution in [2.75, 3.05) is 0 Å². The number of benzene rings is 1. The van der Waals surface area contributed by atoms with Crippen molar-refractivity contribution in [1.82, 2.24) is 0 Å². The van der Waals surface area contributed by atoms with Crippen LogP contribution in [0.1, 0.15) is 0 Å². The van der Waals surface area contributed by atoms with Crippen LogP contribution in [0, 0.1) is 32.9 Å². The Morgan fingerprint density at radius 2 is 1.21 bits per heavy atom. The molecule has 14 heavy (non-hydrogen) atoms. The van der Waals surface area contributed by atoms with Crippen LogP contribution in [0.4, 0.5) is 17.6 Å². The lowest BCUT2D eigenvalue weighted by molar-refractivity contribution is 0.443. The zero-order valence-electron chi connectivity index (χ0n) is 6.35. The van der Waals surface area contributed by atoms with E-state index in [0.717, 1.165) is 0 Å². The average Bonchev–Trinajstić information content (AvgIpc) is 2.13. The summed E-state index contributed by atoms with van der Waals surface area (Å²) in [6.45, 7) is 0. The molecule has 0 saturated carbocycles. The average molecular weight is 553 g/mol. The minimum Gasteiger partial charge on any atom is -0.276 e. The molecule has 0 bridgehead atoms. The largest absolute Gasteiger partial charge is 0.552 e. The van der Waals surface area contributed by atoms with Crippen molar-refractivity contribution in [3.8, 4) is 0 Å². The Labute approximate surface area is 121 Å². The zero-order chi connectivity index (χ0) is 11.3. The maximum absolute atomic E-state index is 12.4. The summed E-state index contributed by atoms with van der Waals surface area (Å²) < 4.78 is 48.4. The molecule has 0 nitrogen and oxygen atoms in total. The molecule has 0 unspecified atom stereocenters. The fourth-order valence-corrected chi connectivity index (χ4v) is 0.969. The number of hydrogen-bond acceptors (Lipinski definition) is 0. The van der Waals surface area contributed by atoms with E-state index in [0.29, 0.717) is 12.6 Å². The fraction of sp³-hybridized carbons (Fsp3) is 0. The second kappa shape index (κ2) is 8.06. The molecule has 1 radical (unpaired) electrons. The summed E-state index contributed by atoms with van der Waals surface area (Å²) in [6, 6.07) is 1.26. The molecule has 0 fully saturated rings. The van der Waals surface area contributed by atoms with Gasteiger partial charge in [0.2, 0.25) is 0 Å². The van der Waals surface area contributed by atoms with Gasteiger partial charge < -0.3 is 0 Å². The summed E-state index contributed by atoms with van der Waals surface area (Å²) in [4.78, 5) is 0. The van der Waals surface area contributed by atoms with Gasteiger partial charge in [0.1, 0.15) is 0 Å². The normalized spacial score (nSPS) is 8.79. The minimum absolute atomic E-state index is 0.357. The fourth-order valence-electron chi connectivity index (χ4n) is 0.495. The zero-order valence-corrected chi connectivity index (χ0v) is 14.2. The van der Waals surface area contributed by atoms with E-state index in [2.05, 4.69) is 37.7 Å². The first kappa shape index (κ1) is 15.9. The van der Waals surface area contributed by atoms with Gasteiger partial charge >= 0.3 is 12.6 Å². The van der Waals surface area contributed by atoms with E-state index in [4.69, 9.17) is 0 Å². The summed E-state index contributed by atoms with van der Waals surface area (Å²) >= 11 is 6.35. The van der Waals surface area contributed by atoms with Gasteiger partial charge in [-0.3, -0.25) is 37.7 Å². The molecule has 8 heteroatoms. The smallest absolute Gasteiger partial charge is 0.276 e. The first-order valence-corrected chi connectivity index (χ1v) is 14.3. The maximum atomic E-state index is 12.4. The Kier molecular flexibility index (Phi) is 9.15. The highest BCUT2D eigenvalue weighted by Gasteiger charge is 2.16. The van der Waals surface area contributed by atoms with Crippen LogP contribution in [0.25, 0.3) is 0 Å². The van der Waals surface area contributed by atoms with E-state index in [1.54, 1.807) is 0 Å². The summed E-state index contributed by atoms with van der Waals surface area (Å²) in [7, 11) is 0. The van der Waals surface area contributed by atoms with Crippen LogP contribution in [0.5, 0.6) is 0 Å². The molecule has 0 spiro atoms. The van der Waals surface area contributed by atoms with Gasteiger partial charge in [0, 0.05) is 0 Å². The van der Waals surface area contributed by atoms with Crippen LogP contribution < -0.4 is 0 Å². The lowest BCUT2D eigenvalue weighted by Crippen LogP contribution is -1.97. The summed E-state index contributed by atoms with van der Waals surface area (Å²) in [6.07, 6.45) is 0. The third kappa shape index (κ3) is 4.82. The van der Waals surface area contributed by atoms with Crippen LogP contribution in [0.2, 0.25) is 0 Å². The standard InChI is InChI=1S/C6F4I.2HI.Mg/c7-2-1-3(8)5(10)6(11)4(2)9;;;/h;2*1H;/q;;;+2/p-2. The predicted octanol–water partition coefficient (Wildman–Crippen LogP) is 4.04. The van der Waals surface area contributed by atoms with Gasteiger partial charge in [0.25, 0.3) is 0 Å². The Hall–Kier alpha value is 1.90. The second-order valence-corrected chi connectivity index (χ2v) is 16.4. The minimum atomic E-state index is -1.51. The lowest BCUT2D eigenvalue weighted by Gasteiger charge is -1.97. The number of rotatable bonds is 0. The van der Waals surface area contributed by atoms with E-state index >= 15 is 0 Å². The van der Waals surface area contributed by atoms with Gasteiger partial charge in [-0.05, 0) is 22.6 Å². The van der Waals surface area contributed by atoms with Crippen molar-refractivity contribution < 1.29 is 17.6 Å². The topological polar surface area (TPSA) is 0 Å². The molecular weight excluding hydrogens is 553 g/mol. The van der Waals surface area contributed by atoms with Crippen molar-refractivity contribution in [3.05, 3.63) is 32.9 Å². The second-order valence-electron chi connectivity index (χ2n) is 1.80. The molecule has 0 N–H and O–H groups in total. The lowest BCUT2D eigenvalue weighted by atomic mass is 10.3. The molecule has 0 aliphatic carbocycles. The van der Waals surface area contributed by atoms with Crippen LogP contribution >= 0.6 is 60.3 Å². The summed E-state index contributed by atoms with van der Waals surface area (Å²) in [5, 5.41) is 0. The van der Waals surface area contributed by atoms with E-state index in [-0.39, 0.29) is 0 Å². The van der Waals surface area contributed by atoms with Gasteiger partial charge in [-0.15, -0.1) is 0 Å². The Bertz CT molecular complexity index is 294. The molecule has 75 valence electrons. The van der Waals surface area contributed by atoms with Crippen LogP contribution in [0.15, 0.2) is 0 Å². The third-order valence-corrected chi connectivity index (χ3v) is 1.94. The third-order valence-electron chi connectivity index (χ3n) is 0.990. The van der Waals surface area contributed by atoms with Crippen LogP contribution in [0.3, 0.4) is 0 Å². The predicted molar refractivity (Wildman–Crippen MR) is 71.6 cm³/mol. The van der Waals surface area contributed by atoms with Crippen molar-refractivity contribution in [3.63, 3.8) is 0 Å². The van der Waals surface area contributed by atoms with Crippen molar-refractivity contribution in [2.45, 2.75) is 0 Å². The molecule has 0 aliphatic heterocycles. The molecule has 1 aromatic rings. The van der Waals surface area contributed by atoms with E-state index in [1.807, 2.05) is 0 Å². The summed E-state index contributed by atoms with van der Waals surface area (Å²) in [5.41, 5.74) is 0. The molecular formula is C6F4I3Mg. The maximum Gasteiger partial charge on any atom is 0.552 e. The first-order valence-electron chi connectivity index (χ1n) is 2.98. The van der Waals surface area contributed by atoms with Crippen molar-refractivity contribution in [2.24, 2.45) is 0 Å². The highest BCUT2D eigenvalue weighted by Crippen LogP contribution is 2.19. The molecule has 0 atom stereocenters. The Morgan fingerprint density at radius 3 is 1.50 bits per heavy atom. The van der Waals surface area contributed by atoms with Gasteiger partial charge in [-0.1, -0.05) is 0 Å². The van der Waals surface area contributed by atoms with Gasteiger partial charge in [-0.2, -0.15) is 0 Å². The highest BCUT2D eigenvalue weighted by atomic mass is 127. The SMILES string of the molecule is Fc1[c]c(F)c(F)c(I)c1F.[I][Mg][I]. The summed E-state index contributed by atoms with van der Waals surface area (Å²) in [5.74, 6) is -5.84. The number of halogens is 7. The van der Waals surface area contributed by atoms with E-state index < -0.39 is 26.8 Å². The molecule has 0 saturated heterocycles. The quantitative estimate of drug-likeness (QED) is 0.150. The molecule has 1 aromatic carbocycles. The monoisotopic (exact) mass is 553 g/mol. The van der Waals surface area contributed by atoms with Gasteiger partial charge in [0.05, 0.1) is 9.64 Å². The molecule has 0 heterocycles. The van der Waals surface area contributed by atoms with Crippen molar-refractivity contribution >= 4 is 72.9 Å². The number of hydrogen-bond donors (Lipinski definition) is 0. The molecule has 0 aromatic heterocycles. The van der Waals surface area contributed by atoms with Gasteiger partial charge in [-0.25, -0.2) is 17.6 Å².